The first kappa shape index (κ1) is 13.7. The number of hydrogen-bond acceptors (Lipinski definition) is 3. The maximum atomic E-state index is 11.9. The number of rotatable bonds is 3. The summed E-state index contributed by atoms with van der Waals surface area (Å²) in [6.45, 7) is 1.47. The Morgan fingerprint density at radius 1 is 1.50 bits per heavy atom. The third-order valence-corrected chi connectivity index (χ3v) is 5.36. The van der Waals surface area contributed by atoms with E-state index in [0.29, 0.717) is 4.88 Å². The fraction of sp³-hybridized carbons (Fsp3) is 0.333. The van der Waals surface area contributed by atoms with Crippen LogP contribution in [0.15, 0.2) is 14.3 Å². The molecule has 1 aromatic heterocycles. The third kappa shape index (κ3) is 2.83. The van der Waals surface area contributed by atoms with Crippen LogP contribution in [0.25, 0.3) is 0 Å². The molecule has 0 fully saturated rings. The highest BCUT2D eigenvalue weighted by Crippen LogP contribution is 2.33. The molecule has 1 unspecified atom stereocenters. The molecule has 1 heterocycles. The lowest BCUT2D eigenvalue weighted by atomic mass is 10.3. The summed E-state index contributed by atoms with van der Waals surface area (Å²) in [7, 11) is 1.47. The lowest BCUT2D eigenvalue weighted by molar-refractivity contribution is -0.141. The number of carboxylic acids is 1. The first-order valence-electron chi connectivity index (χ1n) is 4.29. The highest BCUT2D eigenvalue weighted by molar-refractivity contribution is 9.13. The van der Waals surface area contributed by atoms with Crippen molar-refractivity contribution in [2.75, 3.05) is 7.05 Å². The van der Waals surface area contributed by atoms with Crippen LogP contribution >= 0.6 is 43.2 Å². The van der Waals surface area contributed by atoms with Gasteiger partial charge in [0, 0.05) is 11.5 Å². The van der Waals surface area contributed by atoms with Gasteiger partial charge in [-0.25, -0.2) is 4.79 Å². The van der Waals surface area contributed by atoms with Crippen LogP contribution in [0.4, 0.5) is 0 Å². The molecule has 7 heteroatoms. The van der Waals surface area contributed by atoms with Gasteiger partial charge in [-0.05, 0) is 44.8 Å². The van der Waals surface area contributed by atoms with E-state index in [9.17, 15) is 9.59 Å². The molecule has 0 spiro atoms. The summed E-state index contributed by atoms with van der Waals surface area (Å²) >= 11 is 7.83. The predicted molar refractivity (Wildman–Crippen MR) is 68.9 cm³/mol. The number of hydrogen-bond donors (Lipinski definition) is 1. The normalized spacial score (nSPS) is 12.2. The van der Waals surface area contributed by atoms with E-state index in [2.05, 4.69) is 31.9 Å². The Bertz CT molecular complexity index is 413. The number of aliphatic carboxylic acids is 1. The van der Waals surface area contributed by atoms with E-state index in [-0.39, 0.29) is 5.91 Å². The molecular weight excluding hydrogens is 362 g/mol. The molecule has 1 rings (SSSR count). The van der Waals surface area contributed by atoms with Crippen LogP contribution in [0.1, 0.15) is 16.6 Å². The molecule has 0 aliphatic carbocycles. The molecule has 0 radical (unpaired) electrons. The van der Waals surface area contributed by atoms with Crippen LogP contribution in [-0.2, 0) is 4.79 Å². The van der Waals surface area contributed by atoms with E-state index in [1.54, 1.807) is 6.07 Å². The average molecular weight is 371 g/mol. The number of carbonyl (C=O) groups is 2. The molecule has 16 heavy (non-hydrogen) atoms. The zero-order chi connectivity index (χ0) is 12.5. The Morgan fingerprint density at radius 3 is 2.44 bits per heavy atom. The van der Waals surface area contributed by atoms with Gasteiger partial charge in [0.05, 0.1) is 8.66 Å². The number of nitrogens with zero attached hydrogens (tertiary/aromatic N) is 1. The fourth-order valence-corrected chi connectivity index (χ4v) is 2.99. The van der Waals surface area contributed by atoms with Crippen LogP contribution < -0.4 is 0 Å². The van der Waals surface area contributed by atoms with Crippen LogP contribution in [-0.4, -0.2) is 35.0 Å². The first-order chi connectivity index (χ1) is 7.34. The van der Waals surface area contributed by atoms with Crippen molar-refractivity contribution >= 4 is 55.1 Å². The Hall–Kier alpha value is -0.400. The summed E-state index contributed by atoms with van der Waals surface area (Å²) in [6.07, 6.45) is 0. The van der Waals surface area contributed by atoms with Crippen molar-refractivity contribution in [3.8, 4) is 0 Å². The second kappa shape index (κ2) is 5.29. The summed E-state index contributed by atoms with van der Waals surface area (Å²) in [5.41, 5.74) is 0. The summed E-state index contributed by atoms with van der Waals surface area (Å²) in [4.78, 5) is 24.3. The maximum Gasteiger partial charge on any atom is 0.326 e. The molecule has 0 saturated heterocycles. The monoisotopic (exact) mass is 369 g/mol. The Kier molecular flexibility index (Phi) is 4.52. The van der Waals surface area contributed by atoms with Crippen molar-refractivity contribution in [3.63, 3.8) is 0 Å². The van der Waals surface area contributed by atoms with Gasteiger partial charge in [-0.3, -0.25) is 4.79 Å². The molecule has 0 aromatic carbocycles. The molecule has 0 saturated carbocycles. The van der Waals surface area contributed by atoms with Crippen LogP contribution in [0.5, 0.6) is 0 Å². The van der Waals surface area contributed by atoms with Crippen molar-refractivity contribution < 1.29 is 14.7 Å². The number of carboxylic acid groups (broad SMARTS) is 1. The van der Waals surface area contributed by atoms with Crippen LogP contribution in [0, 0.1) is 0 Å². The summed E-state index contributed by atoms with van der Waals surface area (Å²) in [5.74, 6) is -1.32. The predicted octanol–water partition coefficient (Wildman–Crippen LogP) is 2.82. The molecular formula is C9H9Br2NO3S. The van der Waals surface area contributed by atoms with E-state index >= 15 is 0 Å². The second-order valence-electron chi connectivity index (χ2n) is 3.16. The number of carbonyl (C=O) groups excluding carboxylic acids is 1. The molecule has 0 bridgehead atoms. The van der Waals surface area contributed by atoms with Gasteiger partial charge in [0.15, 0.2) is 0 Å². The smallest absolute Gasteiger partial charge is 0.326 e. The number of halogens is 2. The van der Waals surface area contributed by atoms with Gasteiger partial charge in [-0.1, -0.05) is 0 Å². The summed E-state index contributed by atoms with van der Waals surface area (Å²) in [6, 6.07) is 0.828. The van der Waals surface area contributed by atoms with Gasteiger partial charge in [-0.15, -0.1) is 11.3 Å². The van der Waals surface area contributed by atoms with Gasteiger partial charge < -0.3 is 10.0 Å². The van der Waals surface area contributed by atoms with E-state index in [4.69, 9.17) is 5.11 Å². The van der Waals surface area contributed by atoms with Crippen molar-refractivity contribution in [2.24, 2.45) is 0 Å². The first-order valence-corrected chi connectivity index (χ1v) is 6.69. The van der Waals surface area contributed by atoms with Crippen LogP contribution in [0.3, 0.4) is 0 Å². The Balaban J connectivity index is 2.90. The highest BCUT2D eigenvalue weighted by atomic mass is 79.9. The van der Waals surface area contributed by atoms with E-state index in [1.807, 2.05) is 0 Å². The van der Waals surface area contributed by atoms with Crippen LogP contribution in [0.2, 0.25) is 0 Å². The molecule has 0 aliphatic rings. The molecule has 88 valence electrons. The largest absolute Gasteiger partial charge is 0.480 e. The van der Waals surface area contributed by atoms with E-state index < -0.39 is 12.0 Å². The molecule has 0 aliphatic heterocycles. The van der Waals surface area contributed by atoms with Crippen molar-refractivity contribution in [2.45, 2.75) is 13.0 Å². The highest BCUT2D eigenvalue weighted by Gasteiger charge is 2.24. The van der Waals surface area contributed by atoms with Crippen molar-refractivity contribution in [1.82, 2.24) is 4.90 Å². The SMILES string of the molecule is CC(C(=O)O)N(C)C(=O)c1cc(Br)c(Br)s1. The van der Waals surface area contributed by atoms with Crippen molar-refractivity contribution in [1.29, 1.82) is 0 Å². The van der Waals surface area contributed by atoms with Gasteiger partial charge in [0.2, 0.25) is 0 Å². The topological polar surface area (TPSA) is 57.6 Å². The summed E-state index contributed by atoms with van der Waals surface area (Å²) < 4.78 is 1.60. The van der Waals surface area contributed by atoms with Crippen molar-refractivity contribution in [3.05, 3.63) is 19.2 Å². The molecule has 4 nitrogen and oxygen atoms in total. The lowest BCUT2D eigenvalue weighted by Gasteiger charge is -2.20. The minimum atomic E-state index is -1.02. The minimum Gasteiger partial charge on any atom is -0.480 e. The van der Waals surface area contributed by atoms with E-state index in [0.717, 1.165) is 8.26 Å². The summed E-state index contributed by atoms with van der Waals surface area (Å²) in [5, 5.41) is 8.80. The van der Waals surface area contributed by atoms with E-state index in [1.165, 1.54) is 30.2 Å². The zero-order valence-electron chi connectivity index (χ0n) is 8.53. The second-order valence-corrected chi connectivity index (χ2v) is 6.39. The Morgan fingerprint density at radius 2 is 2.06 bits per heavy atom. The number of amides is 1. The Labute approximate surface area is 114 Å². The third-order valence-electron chi connectivity index (χ3n) is 2.11. The fourth-order valence-electron chi connectivity index (χ4n) is 0.967. The lowest BCUT2D eigenvalue weighted by Crippen LogP contribution is -2.39. The van der Waals surface area contributed by atoms with Gasteiger partial charge in [-0.2, -0.15) is 0 Å². The zero-order valence-corrected chi connectivity index (χ0v) is 12.5. The molecule has 1 atom stereocenters. The van der Waals surface area contributed by atoms with Gasteiger partial charge >= 0.3 is 5.97 Å². The van der Waals surface area contributed by atoms with Gasteiger partial charge in [0.25, 0.3) is 5.91 Å². The van der Waals surface area contributed by atoms with Gasteiger partial charge in [0.1, 0.15) is 6.04 Å². The number of thiophene rings is 1. The molecule has 1 aromatic rings. The quantitative estimate of drug-likeness (QED) is 0.889. The molecule has 1 N–H and O–H groups in total. The average Bonchev–Trinajstić information content (AvgIpc) is 2.55. The number of likely N-dealkylation sites (N-methyl/N-ethyl adjacent to an activating group) is 1. The minimum absolute atomic E-state index is 0.300. The maximum absolute atomic E-state index is 11.9. The molecule has 1 amide bonds. The standard InChI is InChI=1S/C9H9Br2NO3S/c1-4(9(14)15)12(2)8(13)6-3-5(10)7(11)16-6/h3-4H,1-2H3,(H,14,15).